The lowest BCUT2D eigenvalue weighted by Crippen LogP contribution is -2.30. The second-order valence-electron chi connectivity index (χ2n) is 6.35. The zero-order chi connectivity index (χ0) is 18.1. The molecule has 1 aromatic heterocycles. The van der Waals surface area contributed by atoms with Crippen molar-refractivity contribution in [2.75, 3.05) is 11.4 Å². The van der Waals surface area contributed by atoms with E-state index in [4.69, 9.17) is 11.6 Å². The number of hydrogen-bond donors (Lipinski definition) is 0. The smallest absolute Gasteiger partial charge is 0.259 e. The van der Waals surface area contributed by atoms with E-state index in [-0.39, 0.29) is 11.5 Å². The van der Waals surface area contributed by atoms with Gasteiger partial charge >= 0.3 is 0 Å². The number of para-hydroxylation sites is 1. The van der Waals surface area contributed by atoms with Crippen LogP contribution in [-0.2, 0) is 13.0 Å². The molecule has 0 atom stereocenters. The van der Waals surface area contributed by atoms with Gasteiger partial charge in [-0.25, -0.2) is 0 Å². The molecule has 2 aromatic carbocycles. The fourth-order valence-corrected chi connectivity index (χ4v) is 3.53. The molecule has 1 aliphatic rings. The summed E-state index contributed by atoms with van der Waals surface area (Å²) < 4.78 is 1.54. The third-order valence-corrected chi connectivity index (χ3v) is 4.84. The molecule has 0 radical (unpaired) electrons. The van der Waals surface area contributed by atoms with E-state index in [2.05, 4.69) is 0 Å². The summed E-state index contributed by atoms with van der Waals surface area (Å²) in [6.07, 6.45) is 2.48. The fourth-order valence-electron chi connectivity index (χ4n) is 3.32. The topological polar surface area (TPSA) is 42.3 Å². The van der Waals surface area contributed by atoms with Gasteiger partial charge in [0.05, 0.1) is 12.1 Å². The Bertz CT molecular complexity index is 1040. The van der Waals surface area contributed by atoms with Crippen LogP contribution >= 0.6 is 11.6 Å². The largest absolute Gasteiger partial charge is 0.310 e. The lowest BCUT2D eigenvalue weighted by molar-refractivity contribution is 0.0988. The minimum atomic E-state index is -0.150. The zero-order valence-electron chi connectivity index (χ0n) is 14.1. The summed E-state index contributed by atoms with van der Waals surface area (Å²) in [5.74, 6) is -0.0882. The Morgan fingerprint density at radius 2 is 1.88 bits per heavy atom. The second kappa shape index (κ2) is 6.81. The minimum absolute atomic E-state index is 0.0882. The van der Waals surface area contributed by atoms with Crippen molar-refractivity contribution in [1.82, 2.24) is 4.57 Å². The Morgan fingerprint density at radius 1 is 1.04 bits per heavy atom. The molecule has 0 unspecified atom stereocenters. The lowest BCUT2D eigenvalue weighted by Gasteiger charge is -2.18. The number of aromatic nitrogens is 1. The van der Waals surface area contributed by atoms with Gasteiger partial charge in [-0.15, -0.1) is 0 Å². The quantitative estimate of drug-likeness (QED) is 0.710. The summed E-state index contributed by atoms with van der Waals surface area (Å²) in [6.45, 7) is 1.03. The third kappa shape index (κ3) is 3.16. The molecule has 2 heterocycles. The number of fused-ring (bicyclic) bond motifs is 1. The van der Waals surface area contributed by atoms with Gasteiger partial charge in [0.25, 0.3) is 11.5 Å². The molecule has 0 aliphatic carbocycles. The standard InChI is InChI=1S/C21H17ClN2O2/c22-18-6-3-4-15(12-18)13-23-14-17(8-9-20(23)25)21(26)24-11-10-16-5-1-2-7-19(16)24/h1-9,12,14H,10-11,13H2. The molecule has 0 saturated carbocycles. The number of carbonyl (C=O) groups excluding carboxylic acids is 1. The highest BCUT2D eigenvalue weighted by molar-refractivity contribution is 6.30. The summed E-state index contributed by atoms with van der Waals surface area (Å²) >= 11 is 6.02. The van der Waals surface area contributed by atoms with Crippen LogP contribution in [0.4, 0.5) is 5.69 Å². The molecule has 0 spiro atoms. The molecule has 3 aromatic rings. The molecule has 130 valence electrons. The Kier molecular flexibility index (Phi) is 4.35. The SMILES string of the molecule is O=C(c1ccc(=O)n(Cc2cccc(Cl)c2)c1)N1CCc2ccccc21. The fraction of sp³-hybridized carbons (Fsp3) is 0.143. The normalized spacial score (nSPS) is 12.9. The van der Waals surface area contributed by atoms with Crippen LogP contribution in [0.25, 0.3) is 0 Å². The Hall–Kier alpha value is -2.85. The summed E-state index contributed by atoms with van der Waals surface area (Å²) in [5.41, 5.74) is 3.39. The molecule has 0 bridgehead atoms. The summed E-state index contributed by atoms with van der Waals surface area (Å²) in [6, 6.07) is 18.3. The molecule has 0 N–H and O–H groups in total. The van der Waals surface area contributed by atoms with Crippen molar-refractivity contribution in [1.29, 1.82) is 0 Å². The van der Waals surface area contributed by atoms with Gasteiger partial charge in [-0.1, -0.05) is 41.9 Å². The maximum atomic E-state index is 13.0. The number of carbonyl (C=O) groups is 1. The van der Waals surface area contributed by atoms with Crippen LogP contribution in [0.2, 0.25) is 5.02 Å². The van der Waals surface area contributed by atoms with Crippen molar-refractivity contribution in [3.63, 3.8) is 0 Å². The van der Waals surface area contributed by atoms with E-state index >= 15 is 0 Å². The maximum Gasteiger partial charge on any atom is 0.259 e. The number of anilines is 1. The number of benzene rings is 2. The number of amides is 1. The van der Waals surface area contributed by atoms with Crippen molar-refractivity contribution in [2.24, 2.45) is 0 Å². The molecule has 1 amide bonds. The lowest BCUT2D eigenvalue weighted by atomic mass is 10.1. The number of rotatable bonds is 3. The van der Waals surface area contributed by atoms with E-state index in [1.165, 1.54) is 11.6 Å². The van der Waals surface area contributed by atoms with Gasteiger partial charge in [-0.3, -0.25) is 9.59 Å². The van der Waals surface area contributed by atoms with E-state index in [1.807, 2.05) is 42.5 Å². The van der Waals surface area contributed by atoms with E-state index in [9.17, 15) is 9.59 Å². The van der Waals surface area contributed by atoms with Crippen LogP contribution in [0.5, 0.6) is 0 Å². The van der Waals surface area contributed by atoms with Crippen LogP contribution < -0.4 is 10.5 Å². The van der Waals surface area contributed by atoms with Crippen LogP contribution in [0.1, 0.15) is 21.5 Å². The average Bonchev–Trinajstić information content (AvgIpc) is 3.07. The first-order valence-electron chi connectivity index (χ1n) is 8.46. The highest BCUT2D eigenvalue weighted by Crippen LogP contribution is 2.28. The van der Waals surface area contributed by atoms with Crippen molar-refractivity contribution >= 4 is 23.2 Å². The predicted octanol–water partition coefficient (Wildman–Crippen LogP) is 3.75. The van der Waals surface area contributed by atoms with Gasteiger partial charge in [0, 0.05) is 29.5 Å². The molecule has 1 aliphatic heterocycles. The molecule has 0 saturated heterocycles. The molecular formula is C21H17ClN2O2. The van der Waals surface area contributed by atoms with Crippen molar-refractivity contribution in [3.8, 4) is 0 Å². The highest BCUT2D eigenvalue weighted by atomic mass is 35.5. The van der Waals surface area contributed by atoms with Crippen LogP contribution in [0, 0.1) is 0 Å². The van der Waals surface area contributed by atoms with Gasteiger partial charge in [0.1, 0.15) is 0 Å². The van der Waals surface area contributed by atoms with Gasteiger partial charge in [-0.05, 0) is 41.8 Å². The predicted molar refractivity (Wildman–Crippen MR) is 103 cm³/mol. The average molecular weight is 365 g/mol. The molecule has 26 heavy (non-hydrogen) atoms. The zero-order valence-corrected chi connectivity index (χ0v) is 14.8. The third-order valence-electron chi connectivity index (χ3n) is 4.60. The van der Waals surface area contributed by atoms with E-state index in [1.54, 1.807) is 27.8 Å². The Labute approximate surface area is 156 Å². The van der Waals surface area contributed by atoms with Crippen LogP contribution in [0.15, 0.2) is 71.7 Å². The second-order valence-corrected chi connectivity index (χ2v) is 6.79. The first kappa shape index (κ1) is 16.6. The van der Waals surface area contributed by atoms with Gasteiger partial charge < -0.3 is 9.47 Å². The van der Waals surface area contributed by atoms with E-state index < -0.39 is 0 Å². The molecule has 5 heteroatoms. The van der Waals surface area contributed by atoms with E-state index in [0.717, 1.165) is 17.7 Å². The molecule has 0 fully saturated rings. The summed E-state index contributed by atoms with van der Waals surface area (Å²) in [7, 11) is 0. The first-order valence-corrected chi connectivity index (χ1v) is 8.84. The first-order chi connectivity index (χ1) is 12.6. The van der Waals surface area contributed by atoms with Gasteiger partial charge in [0.2, 0.25) is 0 Å². The number of nitrogens with zero attached hydrogens (tertiary/aromatic N) is 2. The minimum Gasteiger partial charge on any atom is -0.310 e. The number of pyridine rings is 1. The van der Waals surface area contributed by atoms with Crippen molar-refractivity contribution < 1.29 is 4.79 Å². The number of hydrogen-bond acceptors (Lipinski definition) is 2. The van der Waals surface area contributed by atoms with Crippen molar-refractivity contribution in [2.45, 2.75) is 13.0 Å². The Balaban J connectivity index is 1.64. The molecule has 4 nitrogen and oxygen atoms in total. The molecule has 4 rings (SSSR count). The summed E-state index contributed by atoms with van der Waals surface area (Å²) in [5, 5.41) is 0.622. The maximum absolute atomic E-state index is 13.0. The van der Waals surface area contributed by atoms with Crippen LogP contribution in [0.3, 0.4) is 0 Å². The monoisotopic (exact) mass is 364 g/mol. The van der Waals surface area contributed by atoms with E-state index in [0.29, 0.717) is 23.7 Å². The Morgan fingerprint density at radius 3 is 2.73 bits per heavy atom. The summed E-state index contributed by atoms with van der Waals surface area (Å²) in [4.78, 5) is 27.0. The van der Waals surface area contributed by atoms with Crippen molar-refractivity contribution in [3.05, 3.63) is 98.9 Å². The number of halogens is 1. The van der Waals surface area contributed by atoms with Gasteiger partial charge in [0.15, 0.2) is 0 Å². The molecular weight excluding hydrogens is 348 g/mol. The highest BCUT2D eigenvalue weighted by Gasteiger charge is 2.25. The van der Waals surface area contributed by atoms with Gasteiger partial charge in [-0.2, -0.15) is 0 Å². The van der Waals surface area contributed by atoms with Crippen LogP contribution in [-0.4, -0.2) is 17.0 Å².